The standard InChI is InChI=1S/C15H12N4O/c16-12-3-1-2-10-4-5-13(19-14(10)12)15(20)18-11-6-8-17-9-7-11/h1-9H,16H2,(H,17,18,20). The topological polar surface area (TPSA) is 80.9 Å². The lowest BCUT2D eigenvalue weighted by Gasteiger charge is -2.06. The summed E-state index contributed by atoms with van der Waals surface area (Å²) in [5.41, 5.74) is 8.07. The van der Waals surface area contributed by atoms with Crippen LogP contribution in [-0.4, -0.2) is 15.9 Å². The number of hydrogen-bond acceptors (Lipinski definition) is 4. The van der Waals surface area contributed by atoms with Gasteiger partial charge in [-0.2, -0.15) is 0 Å². The van der Waals surface area contributed by atoms with Crippen LogP contribution in [0.3, 0.4) is 0 Å². The second-order valence-corrected chi connectivity index (χ2v) is 4.31. The summed E-state index contributed by atoms with van der Waals surface area (Å²) in [7, 11) is 0. The number of nitrogens with two attached hydrogens (primary N) is 1. The van der Waals surface area contributed by atoms with Crippen molar-refractivity contribution in [3.05, 3.63) is 60.6 Å². The molecule has 0 aliphatic carbocycles. The number of amides is 1. The highest BCUT2D eigenvalue weighted by Crippen LogP contribution is 2.19. The van der Waals surface area contributed by atoms with Gasteiger partial charge in [-0.05, 0) is 24.3 Å². The van der Waals surface area contributed by atoms with Crippen molar-refractivity contribution < 1.29 is 4.79 Å². The molecule has 0 atom stereocenters. The molecule has 3 N–H and O–H groups in total. The number of benzene rings is 1. The van der Waals surface area contributed by atoms with E-state index < -0.39 is 0 Å². The normalized spacial score (nSPS) is 10.4. The Morgan fingerprint density at radius 2 is 1.85 bits per heavy atom. The van der Waals surface area contributed by atoms with Gasteiger partial charge in [0, 0.05) is 23.5 Å². The number of carbonyl (C=O) groups excluding carboxylic acids is 1. The van der Waals surface area contributed by atoms with Gasteiger partial charge in [-0.25, -0.2) is 4.98 Å². The second kappa shape index (κ2) is 4.97. The third-order valence-electron chi connectivity index (χ3n) is 2.92. The third kappa shape index (κ3) is 2.29. The molecular weight excluding hydrogens is 252 g/mol. The van der Waals surface area contributed by atoms with Crippen LogP contribution in [0.1, 0.15) is 10.5 Å². The quantitative estimate of drug-likeness (QED) is 0.697. The smallest absolute Gasteiger partial charge is 0.274 e. The number of fused-ring (bicyclic) bond motifs is 1. The molecule has 2 heterocycles. The Labute approximate surface area is 115 Å². The van der Waals surface area contributed by atoms with Crippen molar-refractivity contribution in [2.75, 3.05) is 11.1 Å². The maximum Gasteiger partial charge on any atom is 0.274 e. The molecule has 0 unspecified atom stereocenters. The van der Waals surface area contributed by atoms with E-state index in [1.807, 2.05) is 18.2 Å². The van der Waals surface area contributed by atoms with E-state index >= 15 is 0 Å². The summed E-state index contributed by atoms with van der Waals surface area (Å²) in [6.45, 7) is 0. The molecule has 5 heteroatoms. The minimum atomic E-state index is -0.277. The highest BCUT2D eigenvalue weighted by molar-refractivity contribution is 6.04. The summed E-state index contributed by atoms with van der Waals surface area (Å²) in [5.74, 6) is -0.277. The summed E-state index contributed by atoms with van der Waals surface area (Å²) in [4.78, 5) is 20.3. The molecule has 3 aromatic rings. The molecule has 1 amide bonds. The Morgan fingerprint density at radius 1 is 1.05 bits per heavy atom. The van der Waals surface area contributed by atoms with E-state index in [-0.39, 0.29) is 5.91 Å². The predicted molar refractivity (Wildman–Crippen MR) is 78.3 cm³/mol. The Bertz CT molecular complexity index is 771. The van der Waals surface area contributed by atoms with Gasteiger partial charge >= 0.3 is 0 Å². The average molecular weight is 264 g/mol. The summed E-state index contributed by atoms with van der Waals surface area (Å²) in [6.07, 6.45) is 3.23. The fourth-order valence-corrected chi connectivity index (χ4v) is 1.93. The zero-order valence-electron chi connectivity index (χ0n) is 10.6. The third-order valence-corrected chi connectivity index (χ3v) is 2.92. The van der Waals surface area contributed by atoms with Gasteiger partial charge in [0.05, 0.1) is 11.2 Å². The van der Waals surface area contributed by atoms with Gasteiger partial charge in [-0.3, -0.25) is 9.78 Å². The molecule has 2 aromatic heterocycles. The zero-order chi connectivity index (χ0) is 13.9. The molecule has 20 heavy (non-hydrogen) atoms. The van der Waals surface area contributed by atoms with E-state index in [0.29, 0.717) is 22.6 Å². The van der Waals surface area contributed by atoms with E-state index in [2.05, 4.69) is 15.3 Å². The maximum absolute atomic E-state index is 12.1. The van der Waals surface area contributed by atoms with Crippen LogP contribution >= 0.6 is 0 Å². The number of hydrogen-bond donors (Lipinski definition) is 2. The largest absolute Gasteiger partial charge is 0.397 e. The summed E-state index contributed by atoms with van der Waals surface area (Å²) in [5, 5.41) is 3.67. The van der Waals surface area contributed by atoms with Crippen LogP contribution in [0, 0.1) is 0 Å². The van der Waals surface area contributed by atoms with E-state index in [1.54, 1.807) is 36.7 Å². The van der Waals surface area contributed by atoms with Crippen LogP contribution in [0.25, 0.3) is 10.9 Å². The van der Waals surface area contributed by atoms with Crippen LogP contribution in [0.4, 0.5) is 11.4 Å². The fraction of sp³-hybridized carbons (Fsp3) is 0. The summed E-state index contributed by atoms with van der Waals surface area (Å²) < 4.78 is 0. The van der Waals surface area contributed by atoms with Crippen molar-refractivity contribution in [2.24, 2.45) is 0 Å². The molecule has 0 saturated heterocycles. The predicted octanol–water partition coefficient (Wildman–Crippen LogP) is 2.46. The van der Waals surface area contributed by atoms with Gasteiger partial charge in [0.15, 0.2) is 0 Å². The van der Waals surface area contributed by atoms with Crippen LogP contribution in [0.5, 0.6) is 0 Å². The first-order valence-electron chi connectivity index (χ1n) is 6.11. The number of rotatable bonds is 2. The van der Waals surface area contributed by atoms with Crippen molar-refractivity contribution in [3.8, 4) is 0 Å². The molecule has 0 saturated carbocycles. The molecular formula is C15H12N4O. The summed E-state index contributed by atoms with van der Waals surface area (Å²) >= 11 is 0. The SMILES string of the molecule is Nc1cccc2ccc(C(=O)Nc3ccncc3)nc12. The molecule has 0 fully saturated rings. The van der Waals surface area contributed by atoms with E-state index in [4.69, 9.17) is 5.73 Å². The van der Waals surface area contributed by atoms with Gasteiger partial charge in [0.1, 0.15) is 5.69 Å². The maximum atomic E-state index is 12.1. The van der Waals surface area contributed by atoms with Crippen LogP contribution in [0.15, 0.2) is 54.9 Å². The Hall–Kier alpha value is -2.95. The van der Waals surface area contributed by atoms with Crippen molar-refractivity contribution in [1.29, 1.82) is 0 Å². The number of para-hydroxylation sites is 1. The minimum absolute atomic E-state index is 0.277. The van der Waals surface area contributed by atoms with Crippen molar-refractivity contribution in [2.45, 2.75) is 0 Å². The monoisotopic (exact) mass is 264 g/mol. The van der Waals surface area contributed by atoms with Crippen LogP contribution in [0.2, 0.25) is 0 Å². The highest BCUT2D eigenvalue weighted by Gasteiger charge is 2.09. The van der Waals surface area contributed by atoms with Crippen molar-refractivity contribution in [1.82, 2.24) is 9.97 Å². The summed E-state index contributed by atoms with van der Waals surface area (Å²) in [6, 6.07) is 12.5. The van der Waals surface area contributed by atoms with Gasteiger partial charge in [-0.1, -0.05) is 18.2 Å². The lowest BCUT2D eigenvalue weighted by Crippen LogP contribution is -2.13. The van der Waals surface area contributed by atoms with Crippen LogP contribution < -0.4 is 11.1 Å². The Morgan fingerprint density at radius 3 is 2.65 bits per heavy atom. The molecule has 98 valence electrons. The first-order valence-corrected chi connectivity index (χ1v) is 6.11. The van der Waals surface area contributed by atoms with Crippen molar-refractivity contribution in [3.63, 3.8) is 0 Å². The molecule has 0 spiro atoms. The lowest BCUT2D eigenvalue weighted by molar-refractivity contribution is 0.102. The van der Waals surface area contributed by atoms with Gasteiger partial charge in [0.25, 0.3) is 5.91 Å². The molecule has 0 aliphatic heterocycles. The van der Waals surface area contributed by atoms with Gasteiger partial charge < -0.3 is 11.1 Å². The van der Waals surface area contributed by atoms with Gasteiger partial charge in [0.2, 0.25) is 0 Å². The molecule has 5 nitrogen and oxygen atoms in total. The Kier molecular flexibility index (Phi) is 3.01. The zero-order valence-corrected chi connectivity index (χ0v) is 10.6. The molecule has 0 bridgehead atoms. The highest BCUT2D eigenvalue weighted by atomic mass is 16.1. The Balaban J connectivity index is 1.94. The number of nitrogens with one attached hydrogen (secondary N) is 1. The van der Waals surface area contributed by atoms with Crippen molar-refractivity contribution >= 4 is 28.2 Å². The van der Waals surface area contributed by atoms with Gasteiger partial charge in [-0.15, -0.1) is 0 Å². The second-order valence-electron chi connectivity index (χ2n) is 4.31. The lowest BCUT2D eigenvalue weighted by atomic mass is 10.1. The number of pyridine rings is 2. The first-order chi connectivity index (χ1) is 9.74. The van der Waals surface area contributed by atoms with Crippen LogP contribution in [-0.2, 0) is 0 Å². The number of nitrogens with zero attached hydrogens (tertiary/aromatic N) is 2. The fourth-order valence-electron chi connectivity index (χ4n) is 1.93. The number of aromatic nitrogens is 2. The van der Waals surface area contributed by atoms with E-state index in [9.17, 15) is 4.79 Å². The molecule has 0 radical (unpaired) electrons. The first kappa shape index (κ1) is 12.1. The number of carbonyl (C=O) groups is 1. The number of anilines is 2. The molecule has 3 rings (SSSR count). The van der Waals surface area contributed by atoms with E-state index in [1.165, 1.54) is 0 Å². The average Bonchev–Trinajstić information content (AvgIpc) is 2.48. The molecule has 0 aliphatic rings. The molecule has 1 aromatic carbocycles. The van der Waals surface area contributed by atoms with E-state index in [0.717, 1.165) is 5.39 Å². The minimum Gasteiger partial charge on any atom is -0.397 e. The number of nitrogen functional groups attached to an aromatic ring is 1.